The molecule has 0 aliphatic carbocycles. The molecule has 0 radical (unpaired) electrons. The van der Waals surface area contributed by atoms with Gasteiger partial charge in [0.1, 0.15) is 0 Å². The van der Waals surface area contributed by atoms with Gasteiger partial charge in [0.15, 0.2) is 5.82 Å². The third-order valence-electron chi connectivity index (χ3n) is 9.68. The highest BCUT2D eigenvalue weighted by Gasteiger charge is 2.14. The van der Waals surface area contributed by atoms with Crippen LogP contribution in [-0.4, -0.2) is 29.9 Å². The van der Waals surface area contributed by atoms with Crippen LogP contribution < -0.4 is 0 Å². The average molecular weight is 665 g/mol. The van der Waals surface area contributed by atoms with Crippen LogP contribution in [0.2, 0.25) is 0 Å². The first-order valence-corrected chi connectivity index (χ1v) is 17.2. The molecule has 0 aliphatic heterocycles. The Balaban J connectivity index is 1.06. The largest absolute Gasteiger partial charge is 0.265 e. The van der Waals surface area contributed by atoms with Crippen molar-refractivity contribution in [3.63, 3.8) is 0 Å². The second-order valence-electron chi connectivity index (χ2n) is 12.8. The highest BCUT2D eigenvalue weighted by Crippen LogP contribution is 2.36. The zero-order valence-corrected chi connectivity index (χ0v) is 27.8. The minimum absolute atomic E-state index is 0.642. The maximum absolute atomic E-state index is 5.30. The van der Waals surface area contributed by atoms with E-state index in [2.05, 4.69) is 125 Å². The number of fused-ring (bicyclic) bond motifs is 6. The standard InChI is InChI=1S/C46H28N6/c1-2-6-36-35(5-1)27-39(38-8-4-3-7-37(36)38)41-18-16-33-12-11-32-15-17-40(49-44(32)45(33)50-41)29-9-13-34(14-10-29)46-51-42(30-19-23-47-24-20-30)28-43(52-46)31-21-25-48-26-22-31/h1-28H. The average Bonchev–Trinajstić information content (AvgIpc) is 3.23. The maximum atomic E-state index is 5.30. The Hall–Kier alpha value is -7.18. The SMILES string of the molecule is c1ccc2c(c1)cc(-c1ccc3ccc4ccc(-c5ccc(-c6nc(-c7ccncc7)cc(-c7ccncc7)n6)cc5)nc4c3n1)c1ccccc12. The van der Waals surface area contributed by atoms with E-state index in [-0.39, 0.29) is 0 Å². The molecule has 5 aromatic carbocycles. The summed E-state index contributed by atoms with van der Waals surface area (Å²) in [4.78, 5) is 28.8. The molecule has 6 heteroatoms. The Kier molecular flexibility index (Phi) is 7.03. The van der Waals surface area contributed by atoms with E-state index in [4.69, 9.17) is 19.9 Å². The fourth-order valence-corrected chi connectivity index (χ4v) is 7.05. The topological polar surface area (TPSA) is 77.3 Å². The zero-order chi connectivity index (χ0) is 34.4. The number of hydrogen-bond donors (Lipinski definition) is 0. The molecule has 0 atom stereocenters. The molecule has 10 rings (SSSR count). The van der Waals surface area contributed by atoms with Crippen LogP contribution in [0.25, 0.3) is 99.8 Å². The van der Waals surface area contributed by atoms with Crippen molar-refractivity contribution in [3.8, 4) is 56.4 Å². The molecule has 52 heavy (non-hydrogen) atoms. The number of aromatic nitrogens is 6. The van der Waals surface area contributed by atoms with E-state index in [1.807, 2.05) is 30.3 Å². The first-order chi connectivity index (χ1) is 25.7. The summed E-state index contributed by atoms with van der Waals surface area (Å²) in [5, 5.41) is 6.95. The van der Waals surface area contributed by atoms with E-state index < -0.39 is 0 Å². The van der Waals surface area contributed by atoms with Crippen molar-refractivity contribution in [2.45, 2.75) is 0 Å². The van der Waals surface area contributed by atoms with E-state index in [0.717, 1.165) is 72.4 Å². The lowest BCUT2D eigenvalue weighted by Crippen LogP contribution is -1.96. The third-order valence-corrected chi connectivity index (χ3v) is 9.68. The van der Waals surface area contributed by atoms with E-state index in [1.54, 1.807) is 24.8 Å². The minimum Gasteiger partial charge on any atom is -0.265 e. The van der Waals surface area contributed by atoms with Crippen LogP contribution in [-0.2, 0) is 0 Å². The molecule has 0 fully saturated rings. The molecule has 5 heterocycles. The van der Waals surface area contributed by atoms with Gasteiger partial charge in [0.25, 0.3) is 0 Å². The van der Waals surface area contributed by atoms with Gasteiger partial charge in [-0.2, -0.15) is 0 Å². The van der Waals surface area contributed by atoms with Crippen LogP contribution in [0.3, 0.4) is 0 Å². The van der Waals surface area contributed by atoms with E-state index in [9.17, 15) is 0 Å². The third kappa shape index (κ3) is 5.22. The van der Waals surface area contributed by atoms with Crippen LogP contribution in [0.15, 0.2) is 170 Å². The summed E-state index contributed by atoms with van der Waals surface area (Å²) < 4.78 is 0. The summed E-state index contributed by atoms with van der Waals surface area (Å²) in [5.41, 5.74) is 10.2. The molecule has 0 unspecified atom stereocenters. The number of hydrogen-bond acceptors (Lipinski definition) is 6. The molecule has 0 bridgehead atoms. The molecule has 0 saturated heterocycles. The van der Waals surface area contributed by atoms with Crippen molar-refractivity contribution < 1.29 is 0 Å². The van der Waals surface area contributed by atoms with Gasteiger partial charge in [-0.15, -0.1) is 0 Å². The predicted molar refractivity (Wildman–Crippen MR) is 210 cm³/mol. The second kappa shape index (κ2) is 12.3. The predicted octanol–water partition coefficient (Wildman–Crippen LogP) is 11.0. The Morgan fingerprint density at radius 1 is 0.308 bits per heavy atom. The zero-order valence-electron chi connectivity index (χ0n) is 27.8. The van der Waals surface area contributed by atoms with E-state index >= 15 is 0 Å². The number of pyridine rings is 4. The maximum Gasteiger partial charge on any atom is 0.160 e. The molecule has 0 spiro atoms. The number of benzene rings is 5. The highest BCUT2D eigenvalue weighted by atomic mass is 14.9. The lowest BCUT2D eigenvalue weighted by atomic mass is 9.95. The summed E-state index contributed by atoms with van der Waals surface area (Å²) >= 11 is 0. The van der Waals surface area contributed by atoms with Gasteiger partial charge < -0.3 is 0 Å². The number of rotatable bonds is 5. The monoisotopic (exact) mass is 664 g/mol. The normalized spacial score (nSPS) is 11.5. The first-order valence-electron chi connectivity index (χ1n) is 17.2. The van der Waals surface area contributed by atoms with Crippen molar-refractivity contribution in [1.29, 1.82) is 0 Å². The van der Waals surface area contributed by atoms with Gasteiger partial charge in [-0.25, -0.2) is 19.9 Å². The van der Waals surface area contributed by atoms with Crippen molar-refractivity contribution in [1.82, 2.24) is 29.9 Å². The summed E-state index contributed by atoms with van der Waals surface area (Å²) in [6.07, 6.45) is 7.11. The molecule has 242 valence electrons. The summed E-state index contributed by atoms with van der Waals surface area (Å²) in [6.45, 7) is 0. The van der Waals surface area contributed by atoms with Crippen LogP contribution in [0, 0.1) is 0 Å². The molecule has 10 aromatic rings. The molecule has 0 aliphatic rings. The van der Waals surface area contributed by atoms with E-state index in [1.165, 1.54) is 21.5 Å². The second-order valence-corrected chi connectivity index (χ2v) is 12.8. The lowest BCUT2D eigenvalue weighted by molar-refractivity contribution is 1.18. The van der Waals surface area contributed by atoms with Gasteiger partial charge in [0.05, 0.1) is 33.8 Å². The van der Waals surface area contributed by atoms with Crippen molar-refractivity contribution in [2.75, 3.05) is 0 Å². The van der Waals surface area contributed by atoms with Gasteiger partial charge >= 0.3 is 0 Å². The highest BCUT2D eigenvalue weighted by molar-refractivity contribution is 6.14. The molecule has 0 N–H and O–H groups in total. The fraction of sp³-hybridized carbons (Fsp3) is 0. The molecule has 0 amide bonds. The van der Waals surface area contributed by atoms with Crippen molar-refractivity contribution >= 4 is 43.4 Å². The molecule has 5 aromatic heterocycles. The summed E-state index contributed by atoms with van der Waals surface area (Å²) in [6, 6.07) is 50.3. The van der Waals surface area contributed by atoms with Gasteiger partial charge in [-0.1, -0.05) is 97.1 Å². The van der Waals surface area contributed by atoms with Crippen LogP contribution >= 0.6 is 0 Å². The van der Waals surface area contributed by atoms with Gasteiger partial charge in [-0.3, -0.25) is 9.97 Å². The molecule has 6 nitrogen and oxygen atoms in total. The lowest BCUT2D eigenvalue weighted by Gasteiger charge is -2.12. The van der Waals surface area contributed by atoms with Gasteiger partial charge in [0.2, 0.25) is 0 Å². The fourth-order valence-electron chi connectivity index (χ4n) is 7.05. The summed E-state index contributed by atoms with van der Waals surface area (Å²) in [7, 11) is 0. The summed E-state index contributed by atoms with van der Waals surface area (Å²) in [5.74, 6) is 0.642. The van der Waals surface area contributed by atoms with Crippen molar-refractivity contribution in [3.05, 3.63) is 170 Å². The minimum atomic E-state index is 0.642. The van der Waals surface area contributed by atoms with Crippen LogP contribution in [0.1, 0.15) is 0 Å². The van der Waals surface area contributed by atoms with E-state index in [0.29, 0.717) is 5.82 Å². The van der Waals surface area contributed by atoms with Gasteiger partial charge in [-0.05, 0) is 70.1 Å². The molecule has 0 saturated carbocycles. The van der Waals surface area contributed by atoms with Gasteiger partial charge in [0, 0.05) is 63.4 Å². The first kappa shape index (κ1) is 29.7. The molecular weight excluding hydrogens is 637 g/mol. The van der Waals surface area contributed by atoms with Crippen molar-refractivity contribution in [2.24, 2.45) is 0 Å². The Labute approximate surface area is 299 Å². The Bertz CT molecular complexity index is 2890. The molecular formula is C46H28N6. The van der Waals surface area contributed by atoms with Crippen LogP contribution in [0.5, 0.6) is 0 Å². The smallest absolute Gasteiger partial charge is 0.160 e. The Morgan fingerprint density at radius 2 is 0.808 bits per heavy atom. The Morgan fingerprint density at radius 3 is 1.46 bits per heavy atom. The number of nitrogens with zero attached hydrogens (tertiary/aromatic N) is 6. The quantitative estimate of drug-likeness (QED) is 0.170. The van der Waals surface area contributed by atoms with Crippen LogP contribution in [0.4, 0.5) is 0 Å².